The Kier molecular flexibility index (Phi) is 4.54. The summed E-state index contributed by atoms with van der Waals surface area (Å²) >= 11 is 0. The second-order valence-corrected chi connectivity index (χ2v) is 6.39. The number of carbonyl (C=O) groups is 1. The first-order valence-electron chi connectivity index (χ1n) is 8.78. The highest BCUT2D eigenvalue weighted by Gasteiger charge is 2.18. The molecule has 1 aliphatic heterocycles. The van der Waals surface area contributed by atoms with Crippen molar-refractivity contribution in [3.63, 3.8) is 0 Å². The maximum atomic E-state index is 13.0. The van der Waals surface area contributed by atoms with Crippen molar-refractivity contribution in [1.82, 2.24) is 14.9 Å². The molecule has 5 heteroatoms. The van der Waals surface area contributed by atoms with Crippen LogP contribution in [0.15, 0.2) is 54.9 Å². The third kappa shape index (κ3) is 3.13. The maximum Gasteiger partial charge on any atom is 0.235 e. The maximum absolute atomic E-state index is 13.0. The van der Waals surface area contributed by atoms with Crippen molar-refractivity contribution in [3.05, 3.63) is 66.0 Å². The van der Waals surface area contributed by atoms with Gasteiger partial charge in [-0.2, -0.15) is 0 Å². The summed E-state index contributed by atoms with van der Waals surface area (Å²) < 4.78 is 6.92. The van der Waals surface area contributed by atoms with Crippen LogP contribution in [0, 0.1) is 0 Å². The van der Waals surface area contributed by atoms with Gasteiger partial charge in [-0.05, 0) is 48.4 Å². The van der Waals surface area contributed by atoms with E-state index in [4.69, 9.17) is 4.74 Å². The van der Waals surface area contributed by atoms with Gasteiger partial charge in [0.2, 0.25) is 5.91 Å². The Hall–Kier alpha value is -2.92. The number of methoxy groups -OCH3 is 1. The van der Waals surface area contributed by atoms with Crippen LogP contribution in [-0.4, -0.2) is 35.7 Å². The van der Waals surface area contributed by atoms with Gasteiger partial charge >= 0.3 is 0 Å². The molecule has 2 aromatic heterocycles. The second kappa shape index (κ2) is 7.14. The molecule has 4 rings (SSSR count). The highest BCUT2D eigenvalue weighted by Crippen LogP contribution is 2.28. The van der Waals surface area contributed by atoms with Gasteiger partial charge in [0.05, 0.1) is 24.6 Å². The summed E-state index contributed by atoms with van der Waals surface area (Å²) in [7, 11) is 1.64. The molecule has 1 aliphatic rings. The molecule has 0 saturated carbocycles. The number of ether oxygens (including phenoxy) is 1. The lowest BCUT2D eigenvalue weighted by molar-refractivity contribution is 0.0919. The summed E-state index contributed by atoms with van der Waals surface area (Å²) in [6.07, 6.45) is 7.20. The van der Waals surface area contributed by atoms with Crippen LogP contribution in [0.1, 0.15) is 22.3 Å². The van der Waals surface area contributed by atoms with Crippen LogP contribution in [0.25, 0.3) is 16.6 Å². The van der Waals surface area contributed by atoms with E-state index >= 15 is 0 Å². The van der Waals surface area contributed by atoms with Crippen LogP contribution in [0.5, 0.6) is 5.75 Å². The molecule has 0 atom stereocenters. The van der Waals surface area contributed by atoms with E-state index in [0.29, 0.717) is 6.42 Å². The normalized spacial score (nSPS) is 14.3. The highest BCUT2D eigenvalue weighted by atomic mass is 16.5. The number of benzene rings is 1. The fraction of sp³-hybridized carbons (Fsp3) is 0.238. The summed E-state index contributed by atoms with van der Waals surface area (Å²) in [5.74, 6) is 0.825. The summed E-state index contributed by atoms with van der Waals surface area (Å²) in [4.78, 5) is 17.5. The van der Waals surface area contributed by atoms with Crippen LogP contribution >= 0.6 is 0 Å². The lowest BCUT2D eigenvalue weighted by Gasteiger charge is -2.12. The van der Waals surface area contributed by atoms with Gasteiger partial charge in [0.25, 0.3) is 0 Å². The van der Waals surface area contributed by atoms with Crippen LogP contribution < -0.4 is 10.1 Å². The van der Waals surface area contributed by atoms with Crippen LogP contribution in [-0.2, 0) is 6.42 Å². The van der Waals surface area contributed by atoms with Gasteiger partial charge in [-0.3, -0.25) is 14.3 Å². The highest BCUT2D eigenvalue weighted by molar-refractivity contribution is 5.98. The molecule has 3 aromatic rings. The van der Waals surface area contributed by atoms with Crippen molar-refractivity contribution < 1.29 is 9.53 Å². The predicted molar refractivity (Wildman–Crippen MR) is 103 cm³/mol. The molecule has 0 amide bonds. The SMILES string of the molecule is COc1ccc(CC(=O)n2cc(C3=CCNCC3)c3ncccc32)cc1. The smallest absolute Gasteiger partial charge is 0.235 e. The Bertz CT molecular complexity index is 971. The van der Waals surface area contributed by atoms with E-state index in [0.717, 1.165) is 47.4 Å². The number of hydrogen-bond donors (Lipinski definition) is 1. The van der Waals surface area contributed by atoms with Gasteiger partial charge in [0.1, 0.15) is 5.75 Å². The van der Waals surface area contributed by atoms with Gasteiger partial charge in [-0.15, -0.1) is 0 Å². The van der Waals surface area contributed by atoms with Crippen LogP contribution in [0.3, 0.4) is 0 Å². The molecule has 26 heavy (non-hydrogen) atoms. The largest absolute Gasteiger partial charge is 0.497 e. The molecule has 0 saturated heterocycles. The molecule has 3 heterocycles. The summed E-state index contributed by atoms with van der Waals surface area (Å²) in [6.45, 7) is 1.81. The Balaban J connectivity index is 1.69. The zero-order valence-electron chi connectivity index (χ0n) is 14.7. The van der Waals surface area contributed by atoms with Gasteiger partial charge in [0, 0.05) is 24.5 Å². The lowest BCUT2D eigenvalue weighted by atomic mass is 10.0. The number of nitrogens with one attached hydrogen (secondary N) is 1. The minimum absolute atomic E-state index is 0.0361. The summed E-state index contributed by atoms with van der Waals surface area (Å²) in [5, 5.41) is 3.32. The standard InChI is InChI=1S/C21H21N3O2/c1-26-17-6-4-15(5-7-17)13-20(25)24-14-18(16-8-11-22-12-9-16)21-19(24)3-2-10-23-21/h2-8,10,14,22H,9,11-13H2,1H3. The summed E-state index contributed by atoms with van der Waals surface area (Å²) in [5.41, 5.74) is 5.03. The van der Waals surface area contributed by atoms with Gasteiger partial charge in [-0.1, -0.05) is 18.2 Å². The average Bonchev–Trinajstić information content (AvgIpc) is 3.09. The number of aromatic nitrogens is 2. The Morgan fingerprint density at radius 1 is 1.27 bits per heavy atom. The molecule has 0 fully saturated rings. The number of nitrogens with zero attached hydrogens (tertiary/aromatic N) is 2. The van der Waals surface area contributed by atoms with E-state index in [9.17, 15) is 4.79 Å². The first-order valence-corrected chi connectivity index (χ1v) is 8.78. The second-order valence-electron chi connectivity index (χ2n) is 6.39. The Morgan fingerprint density at radius 2 is 2.12 bits per heavy atom. The quantitative estimate of drug-likeness (QED) is 0.787. The monoisotopic (exact) mass is 347 g/mol. The minimum atomic E-state index is 0.0361. The van der Waals surface area contributed by atoms with E-state index in [1.165, 1.54) is 5.57 Å². The number of fused-ring (bicyclic) bond motifs is 1. The topological polar surface area (TPSA) is 56.1 Å². The summed E-state index contributed by atoms with van der Waals surface area (Å²) in [6, 6.07) is 11.4. The number of pyridine rings is 1. The van der Waals surface area contributed by atoms with E-state index in [-0.39, 0.29) is 5.91 Å². The molecule has 0 bridgehead atoms. The molecule has 1 N–H and O–H groups in total. The van der Waals surface area contributed by atoms with E-state index in [1.807, 2.05) is 42.6 Å². The number of hydrogen-bond acceptors (Lipinski definition) is 4. The molecule has 5 nitrogen and oxygen atoms in total. The first-order chi connectivity index (χ1) is 12.8. The molecule has 0 radical (unpaired) electrons. The van der Waals surface area contributed by atoms with E-state index in [1.54, 1.807) is 17.9 Å². The van der Waals surface area contributed by atoms with Crippen molar-refractivity contribution in [2.24, 2.45) is 0 Å². The van der Waals surface area contributed by atoms with Gasteiger partial charge < -0.3 is 10.1 Å². The fourth-order valence-electron chi connectivity index (χ4n) is 3.37. The van der Waals surface area contributed by atoms with Crippen molar-refractivity contribution in [2.75, 3.05) is 20.2 Å². The van der Waals surface area contributed by atoms with Crippen molar-refractivity contribution >= 4 is 22.5 Å². The van der Waals surface area contributed by atoms with Gasteiger partial charge in [-0.25, -0.2) is 0 Å². The third-order valence-corrected chi connectivity index (χ3v) is 4.75. The van der Waals surface area contributed by atoms with Crippen LogP contribution in [0.4, 0.5) is 0 Å². The Morgan fingerprint density at radius 3 is 2.85 bits per heavy atom. The predicted octanol–water partition coefficient (Wildman–Crippen LogP) is 3.30. The molecule has 0 unspecified atom stereocenters. The molecular weight excluding hydrogens is 326 g/mol. The van der Waals surface area contributed by atoms with Crippen molar-refractivity contribution in [1.29, 1.82) is 0 Å². The molecule has 0 spiro atoms. The van der Waals surface area contributed by atoms with Crippen molar-refractivity contribution in [3.8, 4) is 5.75 Å². The number of carbonyl (C=O) groups excluding carboxylic acids is 1. The molecule has 1 aromatic carbocycles. The van der Waals surface area contributed by atoms with Crippen molar-refractivity contribution in [2.45, 2.75) is 12.8 Å². The molecule has 132 valence electrons. The zero-order valence-corrected chi connectivity index (χ0v) is 14.7. The Labute approximate surface area is 152 Å². The zero-order chi connectivity index (χ0) is 17.9. The fourth-order valence-corrected chi connectivity index (χ4v) is 3.37. The minimum Gasteiger partial charge on any atom is -0.497 e. The van der Waals surface area contributed by atoms with E-state index < -0.39 is 0 Å². The molecular formula is C21H21N3O2. The van der Waals surface area contributed by atoms with Gasteiger partial charge in [0.15, 0.2) is 0 Å². The van der Waals surface area contributed by atoms with Crippen LogP contribution in [0.2, 0.25) is 0 Å². The first kappa shape index (κ1) is 16.5. The number of rotatable bonds is 4. The van der Waals surface area contributed by atoms with E-state index in [2.05, 4.69) is 16.4 Å². The lowest BCUT2D eigenvalue weighted by Crippen LogP contribution is -2.20. The molecule has 0 aliphatic carbocycles. The third-order valence-electron chi connectivity index (χ3n) is 4.75. The average molecular weight is 347 g/mol.